The van der Waals surface area contributed by atoms with Gasteiger partial charge in [-0.05, 0) is 36.4 Å². The fraction of sp³-hybridized carbons (Fsp3) is 0.278. The Kier molecular flexibility index (Phi) is 5.06. The largest absolute Gasteiger partial charge is 0.378 e. The van der Waals surface area contributed by atoms with Crippen molar-refractivity contribution in [1.82, 2.24) is 0 Å². The van der Waals surface area contributed by atoms with E-state index in [0.717, 1.165) is 25.0 Å². The number of nitrogens with one attached hydrogen (secondary N) is 1. The van der Waals surface area contributed by atoms with E-state index in [9.17, 15) is 13.2 Å². The minimum atomic E-state index is -3.47. The van der Waals surface area contributed by atoms with Gasteiger partial charge in [0.25, 0.3) is 5.91 Å². The fourth-order valence-electron chi connectivity index (χ4n) is 2.75. The van der Waals surface area contributed by atoms with Crippen LogP contribution in [0.25, 0.3) is 0 Å². The normalized spacial score (nSPS) is 15.0. The Labute approximate surface area is 147 Å². The monoisotopic (exact) mass is 360 g/mol. The summed E-state index contributed by atoms with van der Waals surface area (Å²) < 4.78 is 29.0. The number of rotatable bonds is 4. The smallest absolute Gasteiger partial charge is 0.256 e. The van der Waals surface area contributed by atoms with Crippen molar-refractivity contribution in [1.29, 1.82) is 0 Å². The number of hydrogen-bond acceptors (Lipinski definition) is 5. The molecule has 1 aliphatic heterocycles. The zero-order chi connectivity index (χ0) is 17.9. The molecule has 1 amide bonds. The standard InChI is InChI=1S/C18H20N2O4S/c1-25(22,23)17-5-3-2-4-16(17)18(21)19-14-6-8-15(9-7-14)20-10-12-24-13-11-20/h2-9H,10-13H2,1H3,(H,19,21). The highest BCUT2D eigenvalue weighted by Crippen LogP contribution is 2.21. The van der Waals surface area contributed by atoms with Crippen molar-refractivity contribution in [2.45, 2.75) is 4.90 Å². The topological polar surface area (TPSA) is 75.7 Å². The summed E-state index contributed by atoms with van der Waals surface area (Å²) in [6.07, 6.45) is 1.09. The maximum atomic E-state index is 12.5. The van der Waals surface area contributed by atoms with Crippen molar-refractivity contribution in [2.24, 2.45) is 0 Å². The van der Waals surface area contributed by atoms with Crippen molar-refractivity contribution >= 4 is 27.1 Å². The van der Waals surface area contributed by atoms with E-state index in [-0.39, 0.29) is 10.5 Å². The molecule has 0 unspecified atom stereocenters. The first-order valence-electron chi connectivity index (χ1n) is 7.98. The molecule has 6 nitrogen and oxygen atoms in total. The van der Waals surface area contributed by atoms with Crippen LogP contribution in [0.15, 0.2) is 53.4 Å². The lowest BCUT2D eigenvalue weighted by Crippen LogP contribution is -2.36. The van der Waals surface area contributed by atoms with Gasteiger partial charge in [-0.1, -0.05) is 12.1 Å². The van der Waals surface area contributed by atoms with Crippen molar-refractivity contribution in [3.05, 3.63) is 54.1 Å². The van der Waals surface area contributed by atoms with Crippen LogP contribution in [0.5, 0.6) is 0 Å². The third-order valence-electron chi connectivity index (χ3n) is 4.03. The molecule has 0 atom stereocenters. The van der Waals surface area contributed by atoms with Gasteiger partial charge in [-0.25, -0.2) is 8.42 Å². The first kappa shape index (κ1) is 17.4. The maximum absolute atomic E-state index is 12.5. The molecule has 0 aliphatic carbocycles. The van der Waals surface area contributed by atoms with E-state index in [4.69, 9.17) is 4.74 Å². The fourth-order valence-corrected chi connectivity index (χ4v) is 3.64. The van der Waals surface area contributed by atoms with Crippen molar-refractivity contribution in [2.75, 3.05) is 42.8 Å². The summed E-state index contributed by atoms with van der Waals surface area (Å²) in [4.78, 5) is 14.7. The molecule has 132 valence electrons. The maximum Gasteiger partial charge on any atom is 0.256 e. The van der Waals surface area contributed by atoms with Crippen molar-refractivity contribution < 1.29 is 17.9 Å². The van der Waals surface area contributed by atoms with Gasteiger partial charge < -0.3 is 15.0 Å². The lowest BCUT2D eigenvalue weighted by Gasteiger charge is -2.28. The quantitative estimate of drug-likeness (QED) is 0.904. The minimum Gasteiger partial charge on any atom is -0.378 e. The molecule has 7 heteroatoms. The summed E-state index contributed by atoms with van der Waals surface area (Å²) in [6.45, 7) is 3.10. The van der Waals surface area contributed by atoms with Gasteiger partial charge in [0.2, 0.25) is 0 Å². The number of hydrogen-bond donors (Lipinski definition) is 1. The number of carbonyl (C=O) groups excluding carboxylic acids is 1. The zero-order valence-corrected chi connectivity index (χ0v) is 14.8. The number of anilines is 2. The van der Waals surface area contributed by atoms with Gasteiger partial charge in [0.05, 0.1) is 23.7 Å². The van der Waals surface area contributed by atoms with Crippen LogP contribution in [-0.2, 0) is 14.6 Å². The van der Waals surface area contributed by atoms with E-state index in [1.54, 1.807) is 12.1 Å². The Morgan fingerprint density at radius 1 is 1.04 bits per heavy atom. The molecule has 0 aromatic heterocycles. The molecular weight excluding hydrogens is 340 g/mol. The van der Waals surface area contributed by atoms with Crippen LogP contribution in [0.2, 0.25) is 0 Å². The summed E-state index contributed by atoms with van der Waals surface area (Å²) in [7, 11) is -3.47. The molecule has 1 heterocycles. The average molecular weight is 360 g/mol. The molecule has 1 N–H and O–H groups in total. The first-order chi connectivity index (χ1) is 11.9. The van der Waals surface area contributed by atoms with Gasteiger partial charge in [0.15, 0.2) is 9.84 Å². The minimum absolute atomic E-state index is 0.0254. The highest BCUT2D eigenvalue weighted by atomic mass is 32.2. The Hall–Kier alpha value is -2.38. The molecule has 0 bridgehead atoms. The molecular formula is C18H20N2O4S. The van der Waals surface area contributed by atoms with Crippen molar-refractivity contribution in [3.8, 4) is 0 Å². The third kappa shape index (κ3) is 4.18. The van der Waals surface area contributed by atoms with Crippen LogP contribution in [0, 0.1) is 0 Å². The van der Waals surface area contributed by atoms with Gasteiger partial charge in [0, 0.05) is 30.7 Å². The second-order valence-corrected chi connectivity index (χ2v) is 7.85. The third-order valence-corrected chi connectivity index (χ3v) is 5.19. The van der Waals surface area contributed by atoms with Crippen LogP contribution in [0.3, 0.4) is 0 Å². The molecule has 1 saturated heterocycles. The number of carbonyl (C=O) groups is 1. The number of sulfone groups is 1. The van der Waals surface area contributed by atoms with E-state index < -0.39 is 15.7 Å². The number of benzene rings is 2. The number of ether oxygens (including phenoxy) is 1. The highest BCUT2D eigenvalue weighted by Gasteiger charge is 2.18. The van der Waals surface area contributed by atoms with E-state index in [1.807, 2.05) is 24.3 Å². The lowest BCUT2D eigenvalue weighted by atomic mass is 10.2. The summed E-state index contributed by atoms with van der Waals surface area (Å²) in [5, 5.41) is 2.75. The Balaban J connectivity index is 1.76. The van der Waals surface area contributed by atoms with E-state index in [2.05, 4.69) is 10.2 Å². The number of nitrogens with zero attached hydrogens (tertiary/aromatic N) is 1. The second kappa shape index (κ2) is 7.25. The number of amides is 1. The van der Waals surface area contributed by atoms with E-state index >= 15 is 0 Å². The summed E-state index contributed by atoms with van der Waals surface area (Å²) in [6, 6.07) is 13.7. The lowest BCUT2D eigenvalue weighted by molar-refractivity contribution is 0.102. The molecule has 1 fully saturated rings. The Morgan fingerprint density at radius 3 is 2.32 bits per heavy atom. The van der Waals surface area contributed by atoms with Crippen LogP contribution < -0.4 is 10.2 Å². The van der Waals surface area contributed by atoms with Gasteiger partial charge in [-0.3, -0.25) is 4.79 Å². The summed E-state index contributed by atoms with van der Waals surface area (Å²) in [5.41, 5.74) is 1.82. The van der Waals surface area contributed by atoms with Gasteiger partial charge >= 0.3 is 0 Å². The summed E-state index contributed by atoms with van der Waals surface area (Å²) in [5.74, 6) is -0.444. The predicted molar refractivity (Wildman–Crippen MR) is 97.0 cm³/mol. The highest BCUT2D eigenvalue weighted by molar-refractivity contribution is 7.90. The molecule has 2 aromatic rings. The summed E-state index contributed by atoms with van der Waals surface area (Å²) >= 11 is 0. The van der Waals surface area contributed by atoms with Gasteiger partial charge in [-0.15, -0.1) is 0 Å². The molecule has 0 radical (unpaired) electrons. The molecule has 1 aliphatic rings. The molecule has 0 spiro atoms. The first-order valence-corrected chi connectivity index (χ1v) is 9.87. The zero-order valence-electron chi connectivity index (χ0n) is 13.9. The molecule has 25 heavy (non-hydrogen) atoms. The molecule has 3 rings (SSSR count). The van der Waals surface area contributed by atoms with Gasteiger partial charge in [0.1, 0.15) is 0 Å². The predicted octanol–water partition coefficient (Wildman–Crippen LogP) is 2.18. The Bertz CT molecular complexity index is 857. The SMILES string of the molecule is CS(=O)(=O)c1ccccc1C(=O)Nc1ccc(N2CCOCC2)cc1. The molecule has 0 saturated carbocycles. The van der Waals surface area contributed by atoms with Crippen LogP contribution in [0.1, 0.15) is 10.4 Å². The van der Waals surface area contributed by atoms with Crippen LogP contribution >= 0.6 is 0 Å². The van der Waals surface area contributed by atoms with Gasteiger partial charge in [-0.2, -0.15) is 0 Å². The van der Waals surface area contributed by atoms with Crippen molar-refractivity contribution in [3.63, 3.8) is 0 Å². The van der Waals surface area contributed by atoms with Crippen LogP contribution in [0.4, 0.5) is 11.4 Å². The number of morpholine rings is 1. The van der Waals surface area contributed by atoms with E-state index in [0.29, 0.717) is 18.9 Å². The molecule has 2 aromatic carbocycles. The van der Waals surface area contributed by atoms with E-state index in [1.165, 1.54) is 12.1 Å². The Morgan fingerprint density at radius 2 is 1.68 bits per heavy atom. The van der Waals surface area contributed by atoms with Crippen LogP contribution in [-0.4, -0.2) is 46.9 Å². The second-order valence-electron chi connectivity index (χ2n) is 5.87. The average Bonchev–Trinajstić information content (AvgIpc) is 2.62.